The van der Waals surface area contributed by atoms with E-state index >= 15 is 0 Å². The van der Waals surface area contributed by atoms with Crippen LogP contribution in [0.5, 0.6) is 0 Å². The van der Waals surface area contributed by atoms with E-state index in [0.29, 0.717) is 6.04 Å². The van der Waals surface area contributed by atoms with Gasteiger partial charge in [0.25, 0.3) is 0 Å². The Labute approximate surface area is 163 Å². The predicted molar refractivity (Wildman–Crippen MR) is 109 cm³/mol. The van der Waals surface area contributed by atoms with Gasteiger partial charge in [-0.15, -0.1) is 0 Å². The lowest BCUT2D eigenvalue weighted by Gasteiger charge is -2.32. The lowest BCUT2D eigenvalue weighted by Crippen LogP contribution is -2.36. The molecule has 5 heterocycles. The minimum Gasteiger partial charge on any atom is -0.337 e. The number of hydrogen-bond acceptors (Lipinski definition) is 5. The molecule has 1 fully saturated rings. The molecule has 0 N–H and O–H groups in total. The molecule has 2 aliphatic heterocycles. The summed E-state index contributed by atoms with van der Waals surface area (Å²) in [6.07, 6.45) is 6.90. The Balaban J connectivity index is 1.63. The summed E-state index contributed by atoms with van der Waals surface area (Å²) in [5.41, 5.74) is 2.23. The number of aliphatic imine (C=N–C) groups is 1. The van der Waals surface area contributed by atoms with Gasteiger partial charge in [0.05, 0.1) is 5.69 Å². The van der Waals surface area contributed by atoms with Gasteiger partial charge in [0, 0.05) is 36.1 Å². The highest BCUT2D eigenvalue weighted by Gasteiger charge is 2.46. The fraction of sp³-hybridized carbons (Fsp3) is 0.286. The van der Waals surface area contributed by atoms with Crippen LogP contribution in [0.25, 0.3) is 5.82 Å². The molecule has 0 aromatic carbocycles. The number of thioether (sulfide) groups is 1. The second-order valence-corrected chi connectivity index (χ2v) is 7.81. The summed E-state index contributed by atoms with van der Waals surface area (Å²) >= 11 is 1.87. The first-order valence-electron chi connectivity index (χ1n) is 9.35. The normalized spacial score (nSPS) is 24.1. The molecule has 3 atom stereocenters. The lowest BCUT2D eigenvalue weighted by molar-refractivity contribution is 0.248. The maximum atomic E-state index is 5.10. The number of aromatic nitrogens is 3. The molecule has 0 aliphatic carbocycles. The zero-order valence-electron chi connectivity index (χ0n) is 15.1. The number of rotatable bonds is 4. The summed E-state index contributed by atoms with van der Waals surface area (Å²) in [5.74, 6) is 2.04. The Morgan fingerprint density at radius 2 is 1.89 bits per heavy atom. The molecule has 2 aliphatic rings. The zero-order chi connectivity index (χ0) is 18.2. The van der Waals surface area contributed by atoms with Gasteiger partial charge in [-0.05, 0) is 42.8 Å². The first-order chi connectivity index (χ1) is 13.4. The first-order valence-corrected chi connectivity index (χ1v) is 10.3. The fourth-order valence-corrected chi connectivity index (χ4v) is 5.35. The SMILES string of the molecule is CC[C@@H]1CSC2=N[C@H](c3ccccn3)[C@H](c3cccn3-c3ccccn3)N21. The summed E-state index contributed by atoms with van der Waals surface area (Å²) in [6, 6.07) is 17.0. The molecule has 6 heteroatoms. The van der Waals surface area contributed by atoms with Crippen molar-refractivity contribution in [2.45, 2.75) is 31.5 Å². The topological polar surface area (TPSA) is 46.3 Å². The van der Waals surface area contributed by atoms with Crippen LogP contribution in [0.4, 0.5) is 0 Å². The molecule has 0 amide bonds. The van der Waals surface area contributed by atoms with Gasteiger partial charge in [-0.1, -0.05) is 30.8 Å². The van der Waals surface area contributed by atoms with Crippen molar-refractivity contribution in [2.75, 3.05) is 5.75 Å². The van der Waals surface area contributed by atoms with E-state index in [-0.39, 0.29) is 12.1 Å². The van der Waals surface area contributed by atoms with Crippen molar-refractivity contribution in [3.05, 3.63) is 78.5 Å². The van der Waals surface area contributed by atoms with Crippen LogP contribution in [0.3, 0.4) is 0 Å². The molecule has 5 nitrogen and oxygen atoms in total. The molecule has 136 valence electrons. The Hall–Kier alpha value is -2.60. The predicted octanol–water partition coefficient (Wildman–Crippen LogP) is 4.25. The lowest BCUT2D eigenvalue weighted by atomic mass is 9.99. The van der Waals surface area contributed by atoms with Crippen molar-refractivity contribution in [3.63, 3.8) is 0 Å². The summed E-state index contributed by atoms with van der Waals surface area (Å²) in [4.78, 5) is 16.8. The molecule has 0 bridgehead atoms. The monoisotopic (exact) mass is 375 g/mol. The van der Waals surface area contributed by atoms with Crippen LogP contribution in [-0.2, 0) is 0 Å². The van der Waals surface area contributed by atoms with Crippen molar-refractivity contribution in [1.29, 1.82) is 0 Å². The van der Waals surface area contributed by atoms with Gasteiger partial charge in [-0.25, -0.2) is 4.98 Å². The molecule has 0 unspecified atom stereocenters. The number of amidine groups is 1. The van der Waals surface area contributed by atoms with Gasteiger partial charge in [0.1, 0.15) is 17.9 Å². The van der Waals surface area contributed by atoms with Gasteiger partial charge in [-0.2, -0.15) is 0 Å². The summed E-state index contributed by atoms with van der Waals surface area (Å²) < 4.78 is 2.19. The van der Waals surface area contributed by atoms with Crippen molar-refractivity contribution < 1.29 is 0 Å². The maximum Gasteiger partial charge on any atom is 0.160 e. The third-order valence-corrected chi connectivity index (χ3v) is 6.43. The number of nitrogens with zero attached hydrogens (tertiary/aromatic N) is 5. The molecule has 0 saturated carbocycles. The first kappa shape index (κ1) is 16.6. The molecular formula is C21H21N5S. The van der Waals surface area contributed by atoms with E-state index < -0.39 is 0 Å². The second-order valence-electron chi connectivity index (χ2n) is 6.83. The van der Waals surface area contributed by atoms with Crippen LogP contribution in [-0.4, -0.2) is 36.4 Å². The van der Waals surface area contributed by atoms with E-state index in [1.54, 1.807) is 0 Å². The Kier molecular flexibility index (Phi) is 4.20. The molecule has 5 rings (SSSR count). The summed E-state index contributed by atoms with van der Waals surface area (Å²) in [5, 5.41) is 1.15. The van der Waals surface area contributed by atoms with E-state index in [1.807, 2.05) is 54.5 Å². The van der Waals surface area contributed by atoms with Crippen molar-refractivity contribution in [2.24, 2.45) is 4.99 Å². The molecular weight excluding hydrogens is 354 g/mol. The van der Waals surface area contributed by atoms with Crippen LogP contribution in [0.2, 0.25) is 0 Å². The number of fused-ring (bicyclic) bond motifs is 1. The van der Waals surface area contributed by atoms with Crippen LogP contribution < -0.4 is 0 Å². The summed E-state index contributed by atoms with van der Waals surface area (Å²) in [7, 11) is 0. The van der Waals surface area contributed by atoms with E-state index in [0.717, 1.165) is 28.9 Å². The average Bonchev–Trinajstić information content (AvgIpc) is 3.44. The van der Waals surface area contributed by atoms with Gasteiger partial charge >= 0.3 is 0 Å². The molecule has 3 aromatic heterocycles. The van der Waals surface area contributed by atoms with Crippen LogP contribution in [0.1, 0.15) is 36.8 Å². The number of pyridine rings is 2. The van der Waals surface area contributed by atoms with E-state index in [4.69, 9.17) is 4.99 Å². The van der Waals surface area contributed by atoms with Crippen LogP contribution >= 0.6 is 11.8 Å². The quantitative estimate of drug-likeness (QED) is 0.684. The van der Waals surface area contributed by atoms with Gasteiger partial charge in [0.2, 0.25) is 0 Å². The van der Waals surface area contributed by atoms with Gasteiger partial charge in [-0.3, -0.25) is 9.98 Å². The molecule has 3 aromatic rings. The average molecular weight is 376 g/mol. The highest BCUT2D eigenvalue weighted by atomic mass is 32.2. The minimum atomic E-state index is 0.000382. The standard InChI is InChI=1S/C21H21N5S/c1-2-15-14-27-21-24-19(16-8-3-5-11-22-16)20(26(15)21)17-9-7-13-25(17)18-10-4-6-12-23-18/h3-13,15,19-20H,2,14H2,1H3/t15-,19-,20+/m1/s1. The van der Waals surface area contributed by atoms with E-state index in [1.165, 1.54) is 5.69 Å². The van der Waals surface area contributed by atoms with Crippen molar-refractivity contribution in [1.82, 2.24) is 19.4 Å². The Morgan fingerprint density at radius 3 is 2.63 bits per heavy atom. The Bertz CT molecular complexity index is 953. The maximum absolute atomic E-state index is 5.10. The van der Waals surface area contributed by atoms with Gasteiger partial charge < -0.3 is 9.47 Å². The van der Waals surface area contributed by atoms with Crippen LogP contribution in [0.15, 0.2) is 72.1 Å². The molecule has 1 saturated heterocycles. The smallest absolute Gasteiger partial charge is 0.160 e. The molecule has 0 radical (unpaired) electrons. The fourth-order valence-electron chi connectivity index (χ4n) is 4.01. The summed E-state index contributed by atoms with van der Waals surface area (Å²) in [6.45, 7) is 2.26. The van der Waals surface area contributed by atoms with Crippen LogP contribution in [0, 0.1) is 0 Å². The van der Waals surface area contributed by atoms with Crippen molar-refractivity contribution >= 4 is 16.9 Å². The number of hydrogen-bond donors (Lipinski definition) is 0. The highest BCUT2D eigenvalue weighted by Crippen LogP contribution is 2.48. The zero-order valence-corrected chi connectivity index (χ0v) is 16.0. The van der Waals surface area contributed by atoms with Gasteiger partial charge in [0.15, 0.2) is 5.17 Å². The third kappa shape index (κ3) is 2.75. The minimum absolute atomic E-state index is 0.000382. The third-order valence-electron chi connectivity index (χ3n) is 5.31. The second kappa shape index (κ2) is 6.85. The largest absolute Gasteiger partial charge is 0.337 e. The molecule has 27 heavy (non-hydrogen) atoms. The van der Waals surface area contributed by atoms with E-state index in [9.17, 15) is 0 Å². The molecule has 0 spiro atoms. The van der Waals surface area contributed by atoms with E-state index in [2.05, 4.69) is 50.8 Å². The Morgan fingerprint density at radius 1 is 1.04 bits per heavy atom. The highest BCUT2D eigenvalue weighted by molar-refractivity contribution is 8.14. The van der Waals surface area contributed by atoms with Crippen molar-refractivity contribution in [3.8, 4) is 5.82 Å².